The third-order valence-electron chi connectivity index (χ3n) is 4.62. The number of aryl methyl sites for hydroxylation is 2. The molecule has 0 bridgehead atoms. The molecule has 8 heteroatoms. The average Bonchev–Trinajstić information content (AvgIpc) is 2.96. The predicted molar refractivity (Wildman–Crippen MR) is 116 cm³/mol. The van der Waals surface area contributed by atoms with Crippen LogP contribution in [0.25, 0.3) is 0 Å². The number of anilines is 1. The van der Waals surface area contributed by atoms with Gasteiger partial charge in [0.1, 0.15) is 16.9 Å². The van der Waals surface area contributed by atoms with Crippen LogP contribution in [0.3, 0.4) is 0 Å². The van der Waals surface area contributed by atoms with Gasteiger partial charge >= 0.3 is 0 Å². The number of nitrogens with one attached hydrogen (secondary N) is 1. The molecule has 2 aromatic carbocycles. The molecule has 1 aliphatic heterocycles. The molecule has 3 rings (SSSR count). The smallest absolute Gasteiger partial charge is 0.242 e. The fraction of sp³-hybridized carbons (Fsp3) is 0.227. The van der Waals surface area contributed by atoms with Crippen molar-refractivity contribution in [3.05, 3.63) is 71.8 Å². The highest BCUT2D eigenvalue weighted by Crippen LogP contribution is 2.32. The Labute approximate surface area is 177 Å². The molecule has 1 aliphatic rings. The first-order valence-electron chi connectivity index (χ1n) is 9.28. The third kappa shape index (κ3) is 4.94. The van der Waals surface area contributed by atoms with Crippen molar-refractivity contribution in [3.8, 4) is 0 Å². The molecule has 0 spiro atoms. The second kappa shape index (κ2) is 9.21. The minimum absolute atomic E-state index is 0.135. The van der Waals surface area contributed by atoms with Crippen LogP contribution in [-0.4, -0.2) is 33.7 Å². The second-order valence-electron chi connectivity index (χ2n) is 6.88. The molecule has 1 fully saturated rings. The summed E-state index contributed by atoms with van der Waals surface area (Å²) in [6.45, 7) is 7.92. The number of carbonyl (C=O) groups excluding carboxylic acids is 2. The molecule has 156 valence electrons. The van der Waals surface area contributed by atoms with Crippen LogP contribution in [0, 0.1) is 25.5 Å². The number of benzene rings is 2. The van der Waals surface area contributed by atoms with Crippen molar-refractivity contribution < 1.29 is 18.4 Å². The Morgan fingerprint density at radius 1 is 1.23 bits per heavy atom. The van der Waals surface area contributed by atoms with E-state index in [1.807, 2.05) is 32.0 Å². The maximum atomic E-state index is 13.8. The van der Waals surface area contributed by atoms with Crippen LogP contribution in [0.1, 0.15) is 17.5 Å². The van der Waals surface area contributed by atoms with Gasteiger partial charge in [-0.2, -0.15) is 0 Å². The quantitative estimate of drug-likeness (QED) is 0.676. The fourth-order valence-electron chi connectivity index (χ4n) is 2.89. The predicted octanol–water partition coefficient (Wildman–Crippen LogP) is 4.73. The minimum Gasteiger partial charge on any atom is -0.324 e. The molecule has 1 atom stereocenters. The van der Waals surface area contributed by atoms with E-state index in [4.69, 9.17) is 0 Å². The van der Waals surface area contributed by atoms with Crippen LogP contribution in [0.5, 0.6) is 0 Å². The van der Waals surface area contributed by atoms with E-state index < -0.39 is 22.8 Å². The maximum Gasteiger partial charge on any atom is 0.242 e. The van der Waals surface area contributed by atoms with Gasteiger partial charge in [0.25, 0.3) is 0 Å². The van der Waals surface area contributed by atoms with E-state index in [2.05, 4.69) is 16.9 Å². The van der Waals surface area contributed by atoms with Crippen LogP contribution >= 0.6 is 11.8 Å². The molecular formula is C22H21F2N3O2S. The van der Waals surface area contributed by atoms with Gasteiger partial charge in [0.05, 0.1) is 11.4 Å². The van der Waals surface area contributed by atoms with Crippen molar-refractivity contribution in [1.29, 1.82) is 0 Å². The topological polar surface area (TPSA) is 61.8 Å². The van der Waals surface area contributed by atoms with Crippen LogP contribution < -0.4 is 5.32 Å². The normalized spacial score (nSPS) is 17.5. The summed E-state index contributed by atoms with van der Waals surface area (Å²) in [5.74, 6) is -2.42. The van der Waals surface area contributed by atoms with Crippen molar-refractivity contribution in [2.75, 3.05) is 11.9 Å². The van der Waals surface area contributed by atoms with E-state index in [1.165, 1.54) is 16.7 Å². The van der Waals surface area contributed by atoms with Crippen LogP contribution in [0.4, 0.5) is 20.2 Å². The molecular weight excluding hydrogens is 408 g/mol. The summed E-state index contributed by atoms with van der Waals surface area (Å²) in [5, 5.41) is 2.17. The molecule has 2 aromatic rings. The minimum atomic E-state index is -0.876. The molecule has 1 saturated heterocycles. The number of hydrogen-bond acceptors (Lipinski definition) is 4. The number of halogens is 2. The second-order valence-corrected chi connectivity index (χ2v) is 8.05. The van der Waals surface area contributed by atoms with Crippen LogP contribution in [-0.2, 0) is 9.59 Å². The van der Waals surface area contributed by atoms with Gasteiger partial charge in [-0.05, 0) is 49.2 Å². The Kier molecular flexibility index (Phi) is 6.66. The number of hydrogen-bond donors (Lipinski definition) is 1. The number of carbonyl (C=O) groups is 2. The van der Waals surface area contributed by atoms with Gasteiger partial charge in [-0.25, -0.2) is 13.8 Å². The van der Waals surface area contributed by atoms with E-state index in [1.54, 1.807) is 6.08 Å². The van der Waals surface area contributed by atoms with Gasteiger partial charge in [-0.1, -0.05) is 23.9 Å². The lowest BCUT2D eigenvalue weighted by Gasteiger charge is -2.14. The Bertz CT molecular complexity index is 1040. The van der Waals surface area contributed by atoms with Gasteiger partial charge in [0, 0.05) is 19.0 Å². The van der Waals surface area contributed by atoms with Crippen molar-refractivity contribution in [2.24, 2.45) is 4.99 Å². The number of amides is 2. The van der Waals surface area contributed by atoms with Gasteiger partial charge in [0.2, 0.25) is 11.8 Å². The summed E-state index contributed by atoms with van der Waals surface area (Å²) in [7, 11) is 0. The summed E-state index contributed by atoms with van der Waals surface area (Å²) < 4.78 is 26.8. The molecule has 1 N–H and O–H groups in total. The molecule has 0 radical (unpaired) electrons. The Hall–Kier alpha value is -3.00. The Balaban J connectivity index is 1.76. The molecule has 30 heavy (non-hydrogen) atoms. The lowest BCUT2D eigenvalue weighted by molar-refractivity contribution is -0.127. The highest BCUT2D eigenvalue weighted by molar-refractivity contribution is 8.15. The van der Waals surface area contributed by atoms with E-state index in [-0.39, 0.29) is 24.6 Å². The average molecular weight is 429 g/mol. The number of thioether (sulfide) groups is 1. The maximum absolute atomic E-state index is 13.8. The summed E-state index contributed by atoms with van der Waals surface area (Å²) in [6.07, 6.45) is 1.42. The number of nitrogens with zero attached hydrogens (tertiary/aromatic N) is 2. The lowest BCUT2D eigenvalue weighted by Crippen LogP contribution is -2.33. The largest absolute Gasteiger partial charge is 0.324 e. The molecule has 2 amide bonds. The van der Waals surface area contributed by atoms with Crippen LogP contribution in [0.15, 0.2) is 54.0 Å². The molecule has 0 aromatic heterocycles. The number of aliphatic imine (C=N–C) groups is 1. The number of rotatable bonds is 6. The van der Waals surface area contributed by atoms with Crippen molar-refractivity contribution in [2.45, 2.75) is 25.5 Å². The van der Waals surface area contributed by atoms with Gasteiger partial charge in [0.15, 0.2) is 5.17 Å². The van der Waals surface area contributed by atoms with Crippen molar-refractivity contribution >= 4 is 40.1 Å². The highest BCUT2D eigenvalue weighted by Gasteiger charge is 2.38. The van der Waals surface area contributed by atoms with Crippen LogP contribution in [0.2, 0.25) is 0 Å². The fourth-order valence-corrected chi connectivity index (χ4v) is 4.06. The summed E-state index contributed by atoms with van der Waals surface area (Å²) >= 11 is 1.18. The first-order valence-corrected chi connectivity index (χ1v) is 10.2. The highest BCUT2D eigenvalue weighted by atomic mass is 32.2. The third-order valence-corrected chi connectivity index (χ3v) is 5.80. The molecule has 1 heterocycles. The monoisotopic (exact) mass is 429 g/mol. The molecule has 0 saturated carbocycles. The van der Waals surface area contributed by atoms with E-state index in [9.17, 15) is 18.4 Å². The first-order chi connectivity index (χ1) is 14.3. The lowest BCUT2D eigenvalue weighted by atomic mass is 10.1. The summed E-state index contributed by atoms with van der Waals surface area (Å²) in [6, 6.07) is 8.62. The van der Waals surface area contributed by atoms with Gasteiger partial charge in [-0.15, -0.1) is 6.58 Å². The zero-order valence-corrected chi connectivity index (χ0v) is 17.4. The van der Waals surface area contributed by atoms with Crippen molar-refractivity contribution in [1.82, 2.24) is 4.90 Å². The zero-order chi connectivity index (χ0) is 21.8. The summed E-state index contributed by atoms with van der Waals surface area (Å²) in [5.41, 5.74) is 2.79. The molecule has 5 nitrogen and oxygen atoms in total. The molecule has 0 aliphatic carbocycles. The van der Waals surface area contributed by atoms with E-state index >= 15 is 0 Å². The standard InChI is InChI=1S/C22H21F2N3O2S/c1-4-9-27-21(29)19(12-20(28)26-18-8-6-15(23)11-17(18)24)30-22(27)25-16-7-5-13(2)14(3)10-16/h4-8,10-11,19H,1,9,12H2,2-3H3,(H,26,28). The zero-order valence-electron chi connectivity index (χ0n) is 16.6. The SMILES string of the molecule is C=CCN1C(=O)C(CC(=O)Nc2ccc(F)cc2F)SC1=Nc1ccc(C)c(C)c1. The van der Waals surface area contributed by atoms with E-state index in [0.717, 1.165) is 23.3 Å². The number of amidine groups is 1. The van der Waals surface area contributed by atoms with Crippen molar-refractivity contribution in [3.63, 3.8) is 0 Å². The molecule has 1 unspecified atom stereocenters. The Morgan fingerprint density at radius 2 is 2.00 bits per heavy atom. The van der Waals surface area contributed by atoms with Gasteiger partial charge < -0.3 is 5.32 Å². The van der Waals surface area contributed by atoms with E-state index in [0.29, 0.717) is 16.9 Å². The Morgan fingerprint density at radius 3 is 2.67 bits per heavy atom. The summed E-state index contributed by atoms with van der Waals surface area (Å²) in [4.78, 5) is 31.2. The van der Waals surface area contributed by atoms with Gasteiger partial charge in [-0.3, -0.25) is 14.5 Å². The first kappa shape index (κ1) is 21.7.